The predicted octanol–water partition coefficient (Wildman–Crippen LogP) is 6.32. The molecule has 0 aromatic heterocycles. The molecular weight excluding hydrogens is 376 g/mol. The molecule has 1 atom stereocenters. The first-order chi connectivity index (χ1) is 14.0. The molecule has 0 saturated carbocycles. The van der Waals surface area contributed by atoms with Crippen LogP contribution in [0.2, 0.25) is 0 Å². The lowest BCUT2D eigenvalue weighted by Crippen LogP contribution is -2.15. The maximum atomic E-state index is 14.8. The average molecular weight is 401 g/mol. The molecule has 29 heavy (non-hydrogen) atoms. The molecule has 2 aromatic rings. The Balaban J connectivity index is 2.23. The number of hydrogen-bond donors (Lipinski definition) is 0. The number of benzene rings is 2. The number of hydrogen-bond acceptors (Lipinski definition) is 4. The van der Waals surface area contributed by atoms with Crippen molar-refractivity contribution in [3.63, 3.8) is 0 Å². The summed E-state index contributed by atoms with van der Waals surface area (Å²) in [5.41, 5.74) is -0.129. The predicted molar refractivity (Wildman–Crippen MR) is 106 cm³/mol. The van der Waals surface area contributed by atoms with Gasteiger partial charge in [-0.3, -0.25) is 4.89 Å². The molecule has 0 saturated heterocycles. The lowest BCUT2D eigenvalue weighted by molar-refractivity contribution is -0.241. The van der Waals surface area contributed by atoms with Crippen molar-refractivity contribution in [3.8, 4) is 17.2 Å². The molecule has 0 aliphatic heterocycles. The molecule has 1 unspecified atom stereocenters. The summed E-state index contributed by atoms with van der Waals surface area (Å²) in [6.45, 7) is 3.78. The van der Waals surface area contributed by atoms with Crippen molar-refractivity contribution in [2.75, 3.05) is 6.61 Å². The summed E-state index contributed by atoms with van der Waals surface area (Å²) in [5, 5.41) is 9.28. The summed E-state index contributed by atoms with van der Waals surface area (Å²) in [6.07, 6.45) is 4.90. The molecule has 0 spiro atoms. The van der Waals surface area contributed by atoms with Crippen LogP contribution in [0.4, 0.5) is 8.78 Å². The maximum Gasteiger partial charge on any atom is 0.376 e. The SMILES string of the molecule is CCCCCCCOOC(=O)c1c(C(C)C#N)cc(-c2ccccc2)c(F)c1F. The maximum absolute atomic E-state index is 14.8. The summed E-state index contributed by atoms with van der Waals surface area (Å²) < 4.78 is 29.5. The number of unbranched alkanes of at least 4 members (excludes halogenated alkanes) is 4. The first-order valence-corrected chi connectivity index (χ1v) is 9.82. The van der Waals surface area contributed by atoms with Crippen molar-refractivity contribution < 1.29 is 23.4 Å². The van der Waals surface area contributed by atoms with Gasteiger partial charge in [0.1, 0.15) is 5.56 Å². The van der Waals surface area contributed by atoms with Crippen LogP contribution >= 0.6 is 0 Å². The van der Waals surface area contributed by atoms with Crippen LogP contribution in [0.25, 0.3) is 11.1 Å². The summed E-state index contributed by atoms with van der Waals surface area (Å²) in [4.78, 5) is 22.0. The monoisotopic (exact) mass is 401 g/mol. The van der Waals surface area contributed by atoms with Crippen LogP contribution in [0.15, 0.2) is 36.4 Å². The zero-order chi connectivity index (χ0) is 21.2. The van der Waals surface area contributed by atoms with Crippen molar-refractivity contribution >= 4 is 5.97 Å². The van der Waals surface area contributed by atoms with Crippen LogP contribution in [0.1, 0.15) is 67.8 Å². The largest absolute Gasteiger partial charge is 0.376 e. The highest BCUT2D eigenvalue weighted by Crippen LogP contribution is 2.33. The number of carbonyl (C=O) groups excluding carboxylic acids is 1. The molecular formula is C23H25F2NO3. The van der Waals surface area contributed by atoms with Gasteiger partial charge in [-0.1, -0.05) is 62.9 Å². The molecule has 6 heteroatoms. The smallest absolute Gasteiger partial charge is 0.293 e. The first kappa shape index (κ1) is 22.5. The Morgan fingerprint density at radius 3 is 2.45 bits per heavy atom. The number of nitrogens with zero attached hydrogens (tertiary/aromatic N) is 1. The molecule has 2 aromatic carbocycles. The van der Waals surface area contributed by atoms with Gasteiger partial charge in [0, 0.05) is 5.56 Å². The van der Waals surface area contributed by atoms with Gasteiger partial charge in [0.25, 0.3) is 0 Å². The highest BCUT2D eigenvalue weighted by Gasteiger charge is 2.28. The highest BCUT2D eigenvalue weighted by molar-refractivity contribution is 5.92. The molecule has 154 valence electrons. The third-order valence-corrected chi connectivity index (χ3v) is 4.65. The zero-order valence-corrected chi connectivity index (χ0v) is 16.7. The lowest BCUT2D eigenvalue weighted by atomic mass is 9.91. The molecule has 0 bridgehead atoms. The van der Waals surface area contributed by atoms with E-state index in [9.17, 15) is 18.8 Å². The number of nitriles is 1. The number of carbonyl (C=O) groups is 1. The Kier molecular flexibility index (Phi) is 8.75. The van der Waals surface area contributed by atoms with Gasteiger partial charge < -0.3 is 0 Å². The van der Waals surface area contributed by atoms with Crippen LogP contribution in [0.3, 0.4) is 0 Å². The van der Waals surface area contributed by atoms with E-state index in [1.165, 1.54) is 13.0 Å². The second kappa shape index (κ2) is 11.3. The van der Waals surface area contributed by atoms with E-state index in [1.807, 2.05) is 6.07 Å². The summed E-state index contributed by atoms with van der Waals surface area (Å²) >= 11 is 0. The molecule has 0 radical (unpaired) electrons. The Morgan fingerprint density at radius 1 is 1.10 bits per heavy atom. The third kappa shape index (κ3) is 5.85. The van der Waals surface area contributed by atoms with Gasteiger partial charge in [0.2, 0.25) is 0 Å². The first-order valence-electron chi connectivity index (χ1n) is 9.82. The van der Waals surface area contributed by atoms with Crippen molar-refractivity contribution in [1.29, 1.82) is 5.26 Å². The molecule has 0 heterocycles. The summed E-state index contributed by atoms with van der Waals surface area (Å²) in [6, 6.07) is 11.7. The summed E-state index contributed by atoms with van der Waals surface area (Å²) in [7, 11) is 0. The van der Waals surface area contributed by atoms with Crippen molar-refractivity contribution in [2.24, 2.45) is 0 Å². The molecule has 0 fully saturated rings. The zero-order valence-electron chi connectivity index (χ0n) is 16.7. The van der Waals surface area contributed by atoms with Crippen LogP contribution in [0.5, 0.6) is 0 Å². The van der Waals surface area contributed by atoms with Crippen molar-refractivity contribution in [2.45, 2.75) is 51.9 Å². The third-order valence-electron chi connectivity index (χ3n) is 4.65. The average Bonchev–Trinajstić information content (AvgIpc) is 2.74. The molecule has 4 nitrogen and oxygen atoms in total. The Bertz CT molecular complexity index is 863. The van der Waals surface area contributed by atoms with Crippen molar-refractivity contribution in [3.05, 3.63) is 59.2 Å². The fraction of sp³-hybridized carbons (Fsp3) is 0.391. The Labute approximate surface area is 170 Å². The van der Waals surface area contributed by atoms with Crippen LogP contribution < -0.4 is 0 Å². The van der Waals surface area contributed by atoms with Gasteiger partial charge in [0.15, 0.2) is 11.6 Å². The molecule has 0 aliphatic carbocycles. The highest BCUT2D eigenvalue weighted by atomic mass is 19.2. The van der Waals surface area contributed by atoms with E-state index in [-0.39, 0.29) is 17.7 Å². The lowest BCUT2D eigenvalue weighted by Gasteiger charge is -2.15. The van der Waals surface area contributed by atoms with Crippen molar-refractivity contribution in [1.82, 2.24) is 0 Å². The Morgan fingerprint density at radius 2 is 1.79 bits per heavy atom. The fourth-order valence-electron chi connectivity index (χ4n) is 2.99. The van der Waals surface area contributed by atoms with E-state index in [2.05, 4.69) is 6.92 Å². The number of rotatable bonds is 10. The van der Waals surface area contributed by atoms with Gasteiger partial charge in [0.05, 0.1) is 18.6 Å². The molecule has 0 aliphatic rings. The minimum atomic E-state index is -1.35. The molecule has 2 rings (SSSR count). The van der Waals surface area contributed by atoms with Crippen LogP contribution in [-0.2, 0) is 9.78 Å². The Hall–Kier alpha value is -2.78. The second-order valence-corrected chi connectivity index (χ2v) is 6.84. The topological polar surface area (TPSA) is 59.3 Å². The van der Waals surface area contributed by atoms with Gasteiger partial charge in [-0.05, 0) is 30.5 Å². The van der Waals surface area contributed by atoms with E-state index in [0.717, 1.165) is 25.7 Å². The van der Waals surface area contributed by atoms with E-state index in [1.54, 1.807) is 30.3 Å². The fourth-order valence-corrected chi connectivity index (χ4v) is 2.99. The van der Waals surface area contributed by atoms with Gasteiger partial charge >= 0.3 is 5.97 Å². The molecule has 0 N–H and O–H groups in total. The summed E-state index contributed by atoms with van der Waals surface area (Å²) in [5.74, 6) is -4.51. The van der Waals surface area contributed by atoms with Crippen LogP contribution in [0, 0.1) is 23.0 Å². The van der Waals surface area contributed by atoms with Gasteiger partial charge in [-0.2, -0.15) is 10.1 Å². The standard InChI is InChI=1S/C23H25F2NO3/c1-3-4-5-6-10-13-28-29-23(27)20-18(16(2)15-26)14-19(21(24)22(20)25)17-11-8-7-9-12-17/h7-9,11-12,14,16H,3-6,10,13H2,1-2H3. The normalized spacial score (nSPS) is 11.7. The second-order valence-electron chi connectivity index (χ2n) is 6.84. The minimum absolute atomic E-state index is 0.0198. The number of halogens is 2. The van der Waals surface area contributed by atoms with E-state index < -0.39 is 29.1 Å². The van der Waals surface area contributed by atoms with E-state index in [4.69, 9.17) is 9.78 Å². The van der Waals surface area contributed by atoms with Crippen LogP contribution in [-0.4, -0.2) is 12.6 Å². The van der Waals surface area contributed by atoms with E-state index in [0.29, 0.717) is 12.0 Å². The quantitative estimate of drug-likeness (QED) is 0.266. The molecule has 0 amide bonds. The minimum Gasteiger partial charge on any atom is -0.293 e. The van der Waals surface area contributed by atoms with E-state index >= 15 is 0 Å². The van der Waals surface area contributed by atoms with Gasteiger partial charge in [-0.25, -0.2) is 13.6 Å². The van der Waals surface area contributed by atoms with Gasteiger partial charge in [-0.15, -0.1) is 0 Å².